The molecule has 0 radical (unpaired) electrons. The predicted molar refractivity (Wildman–Crippen MR) is 81.6 cm³/mol. The molecule has 0 aromatic heterocycles. The number of hydrogen-bond donors (Lipinski definition) is 1. The molecule has 0 amide bonds. The Hall–Kier alpha value is -1.00. The maximum Gasteiger partial charge on any atom is 0.278 e. The highest BCUT2D eigenvalue weighted by molar-refractivity contribution is 7.89. The fraction of sp³-hybridized carbons (Fsp3) is 0.500. The van der Waals surface area contributed by atoms with E-state index in [4.69, 9.17) is 0 Å². The molecule has 0 aliphatic heterocycles. The highest BCUT2D eigenvalue weighted by atomic mass is 32.2. The topological polar surface area (TPSA) is 86.8 Å². The van der Waals surface area contributed by atoms with Gasteiger partial charge in [0.05, 0.1) is 4.90 Å². The van der Waals surface area contributed by atoms with Gasteiger partial charge >= 0.3 is 0 Å². The fourth-order valence-electron chi connectivity index (χ4n) is 1.47. The molecule has 0 unspecified atom stereocenters. The van der Waals surface area contributed by atoms with Gasteiger partial charge in [-0.1, -0.05) is 17.7 Å². The molecule has 0 aliphatic carbocycles. The van der Waals surface area contributed by atoms with Crippen LogP contribution in [0.2, 0.25) is 0 Å². The number of likely N-dealkylation sites (N-methyl/N-ethyl adjacent to an activating group) is 1. The average Bonchev–Trinajstić information content (AvgIpc) is 2.38. The molecule has 1 rings (SSSR count). The largest absolute Gasteiger partial charge is 0.278 e. The third-order valence-corrected chi connectivity index (χ3v) is 6.32. The van der Waals surface area contributed by atoms with Crippen molar-refractivity contribution in [3.63, 3.8) is 0 Å². The smallest absolute Gasteiger partial charge is 0.207 e. The Morgan fingerprint density at radius 1 is 1.00 bits per heavy atom. The lowest BCUT2D eigenvalue weighted by molar-refractivity contribution is 0.460. The minimum atomic E-state index is -3.61. The molecule has 0 spiro atoms. The molecular weight excluding hydrogens is 314 g/mol. The maximum atomic E-state index is 12.3. The van der Waals surface area contributed by atoms with E-state index in [9.17, 15) is 16.8 Å². The molecule has 9 heteroatoms. The van der Waals surface area contributed by atoms with Crippen molar-refractivity contribution in [2.45, 2.75) is 11.8 Å². The summed E-state index contributed by atoms with van der Waals surface area (Å²) in [7, 11) is -2.94. The van der Waals surface area contributed by atoms with Gasteiger partial charge in [-0.2, -0.15) is 17.0 Å². The van der Waals surface area contributed by atoms with Crippen molar-refractivity contribution in [3.05, 3.63) is 29.8 Å². The SMILES string of the molecule is Cc1ccc(S(=O)(=O)N(C)CCNS(=O)(=O)N(C)C)cc1. The first kappa shape index (κ1) is 18.1. The van der Waals surface area contributed by atoms with E-state index in [1.807, 2.05) is 6.92 Å². The summed E-state index contributed by atoms with van der Waals surface area (Å²) < 4.78 is 52.0. The summed E-state index contributed by atoms with van der Waals surface area (Å²) in [5, 5.41) is 0. The minimum absolute atomic E-state index is 0.00209. The number of aryl methyl sites for hydroxylation is 1. The lowest BCUT2D eigenvalue weighted by atomic mass is 10.2. The van der Waals surface area contributed by atoms with Crippen LogP contribution in [0.3, 0.4) is 0 Å². The summed E-state index contributed by atoms with van der Waals surface area (Å²) in [6, 6.07) is 6.50. The van der Waals surface area contributed by atoms with E-state index in [2.05, 4.69) is 4.72 Å². The van der Waals surface area contributed by atoms with Gasteiger partial charge in [0.25, 0.3) is 10.2 Å². The Kier molecular flexibility index (Phi) is 5.88. The quantitative estimate of drug-likeness (QED) is 0.760. The van der Waals surface area contributed by atoms with Crippen molar-refractivity contribution in [1.29, 1.82) is 0 Å². The molecule has 0 fully saturated rings. The molecule has 0 bridgehead atoms. The van der Waals surface area contributed by atoms with Crippen molar-refractivity contribution in [3.8, 4) is 0 Å². The zero-order valence-electron chi connectivity index (χ0n) is 12.6. The van der Waals surface area contributed by atoms with E-state index >= 15 is 0 Å². The Labute approximate surface area is 126 Å². The van der Waals surface area contributed by atoms with E-state index in [0.29, 0.717) is 0 Å². The molecule has 0 heterocycles. The highest BCUT2D eigenvalue weighted by Crippen LogP contribution is 2.14. The Balaban J connectivity index is 2.71. The van der Waals surface area contributed by atoms with Gasteiger partial charge in [0, 0.05) is 34.2 Å². The molecule has 0 saturated carbocycles. The Morgan fingerprint density at radius 3 is 2.00 bits per heavy atom. The number of benzene rings is 1. The molecule has 0 aliphatic rings. The van der Waals surface area contributed by atoms with Gasteiger partial charge in [-0.3, -0.25) is 0 Å². The number of hydrogen-bond acceptors (Lipinski definition) is 4. The second-order valence-electron chi connectivity index (χ2n) is 4.82. The summed E-state index contributed by atoms with van der Waals surface area (Å²) in [5.41, 5.74) is 0.968. The first-order valence-corrected chi connectivity index (χ1v) is 9.15. The van der Waals surface area contributed by atoms with Crippen LogP contribution in [0.25, 0.3) is 0 Å². The van der Waals surface area contributed by atoms with Crippen LogP contribution < -0.4 is 4.72 Å². The first-order chi connectivity index (χ1) is 9.57. The molecule has 7 nitrogen and oxygen atoms in total. The van der Waals surface area contributed by atoms with Crippen LogP contribution in [0.4, 0.5) is 0 Å². The van der Waals surface area contributed by atoms with Crippen molar-refractivity contribution in [1.82, 2.24) is 13.3 Å². The van der Waals surface area contributed by atoms with Gasteiger partial charge < -0.3 is 0 Å². The lowest BCUT2D eigenvalue weighted by Gasteiger charge is -2.18. The number of nitrogens with zero attached hydrogens (tertiary/aromatic N) is 2. The standard InChI is InChI=1S/C12H21N3O4S2/c1-11-5-7-12(8-6-11)20(16,17)15(4)10-9-13-21(18,19)14(2)3/h5-8,13H,9-10H2,1-4H3. The van der Waals surface area contributed by atoms with E-state index in [1.165, 1.54) is 33.3 Å². The number of nitrogens with one attached hydrogen (secondary N) is 1. The minimum Gasteiger partial charge on any atom is -0.207 e. The highest BCUT2D eigenvalue weighted by Gasteiger charge is 2.21. The maximum absolute atomic E-state index is 12.3. The number of rotatable bonds is 7. The zero-order valence-corrected chi connectivity index (χ0v) is 14.2. The van der Waals surface area contributed by atoms with Crippen LogP contribution in [0.15, 0.2) is 29.2 Å². The second kappa shape index (κ2) is 6.84. The summed E-state index contributed by atoms with van der Waals surface area (Å²) in [6.45, 7) is 1.92. The first-order valence-electron chi connectivity index (χ1n) is 6.27. The summed E-state index contributed by atoms with van der Waals surface area (Å²) in [5.74, 6) is 0. The van der Waals surface area contributed by atoms with Gasteiger partial charge in [0.1, 0.15) is 0 Å². The van der Waals surface area contributed by atoms with Crippen LogP contribution in [0, 0.1) is 6.92 Å². The van der Waals surface area contributed by atoms with Crippen molar-refractivity contribution < 1.29 is 16.8 Å². The van der Waals surface area contributed by atoms with Crippen LogP contribution >= 0.6 is 0 Å². The van der Waals surface area contributed by atoms with Gasteiger partial charge in [-0.25, -0.2) is 13.1 Å². The fourth-order valence-corrected chi connectivity index (χ4v) is 3.25. The van der Waals surface area contributed by atoms with Gasteiger partial charge in [-0.15, -0.1) is 0 Å². The Bertz CT molecular complexity index is 667. The second-order valence-corrected chi connectivity index (χ2v) is 8.84. The van der Waals surface area contributed by atoms with E-state index in [0.717, 1.165) is 14.2 Å². The predicted octanol–water partition coefficient (Wildman–Crippen LogP) is 0.0115. The van der Waals surface area contributed by atoms with E-state index in [1.54, 1.807) is 12.1 Å². The molecule has 0 atom stereocenters. The van der Waals surface area contributed by atoms with Gasteiger partial charge in [0.15, 0.2) is 0 Å². The monoisotopic (exact) mass is 335 g/mol. The summed E-state index contributed by atoms with van der Waals surface area (Å²) in [4.78, 5) is 0.186. The van der Waals surface area contributed by atoms with Crippen LogP contribution in [-0.2, 0) is 20.2 Å². The van der Waals surface area contributed by atoms with E-state index in [-0.39, 0.29) is 18.0 Å². The van der Waals surface area contributed by atoms with Gasteiger partial charge in [-0.05, 0) is 19.1 Å². The number of sulfonamides is 1. The molecular formula is C12H21N3O4S2. The third kappa shape index (κ3) is 4.75. The molecule has 21 heavy (non-hydrogen) atoms. The van der Waals surface area contributed by atoms with Crippen molar-refractivity contribution in [2.24, 2.45) is 0 Å². The molecule has 1 aromatic carbocycles. The van der Waals surface area contributed by atoms with Gasteiger partial charge in [0.2, 0.25) is 10.0 Å². The lowest BCUT2D eigenvalue weighted by Crippen LogP contribution is -2.40. The normalized spacial score (nSPS) is 13.0. The summed E-state index contributed by atoms with van der Waals surface area (Å²) in [6.07, 6.45) is 0. The molecule has 0 saturated heterocycles. The molecule has 120 valence electrons. The summed E-state index contributed by atoms with van der Waals surface area (Å²) >= 11 is 0. The van der Waals surface area contributed by atoms with Crippen LogP contribution in [0.1, 0.15) is 5.56 Å². The van der Waals surface area contributed by atoms with E-state index < -0.39 is 20.2 Å². The van der Waals surface area contributed by atoms with Crippen LogP contribution in [0.5, 0.6) is 0 Å². The third-order valence-electron chi connectivity index (χ3n) is 2.92. The zero-order chi connectivity index (χ0) is 16.3. The Morgan fingerprint density at radius 2 is 1.52 bits per heavy atom. The molecule has 1 aromatic rings. The average molecular weight is 335 g/mol. The molecule has 1 N–H and O–H groups in total. The van der Waals surface area contributed by atoms with Crippen molar-refractivity contribution in [2.75, 3.05) is 34.2 Å². The van der Waals surface area contributed by atoms with Crippen LogP contribution in [-0.4, -0.2) is 59.7 Å². The van der Waals surface area contributed by atoms with Crippen molar-refractivity contribution >= 4 is 20.2 Å².